The van der Waals surface area contributed by atoms with E-state index in [4.69, 9.17) is 0 Å². The van der Waals surface area contributed by atoms with Gasteiger partial charge in [0.05, 0.1) is 5.56 Å². The highest BCUT2D eigenvalue weighted by Crippen LogP contribution is 2.21. The van der Waals surface area contributed by atoms with Gasteiger partial charge in [-0.3, -0.25) is 4.79 Å². The van der Waals surface area contributed by atoms with Crippen molar-refractivity contribution in [1.82, 2.24) is 14.9 Å². The summed E-state index contributed by atoms with van der Waals surface area (Å²) in [6.07, 6.45) is 10.9. The lowest BCUT2D eigenvalue weighted by atomic mass is 10.1. The normalized spacial score (nSPS) is 18.4. The Kier molecular flexibility index (Phi) is 6.27. The van der Waals surface area contributed by atoms with E-state index < -0.39 is 0 Å². The predicted molar refractivity (Wildman–Crippen MR) is 116 cm³/mol. The molecule has 0 spiro atoms. The molecule has 0 unspecified atom stereocenters. The number of carbonyl (C=O) groups is 1. The molecule has 2 fully saturated rings. The lowest BCUT2D eigenvalue weighted by Gasteiger charge is -2.36. The number of nitrogens with zero attached hydrogens (tertiary/aromatic N) is 4. The van der Waals surface area contributed by atoms with Crippen LogP contribution in [-0.4, -0.2) is 53.0 Å². The molecule has 4 rings (SSSR count). The van der Waals surface area contributed by atoms with E-state index in [1.165, 1.54) is 49.8 Å². The summed E-state index contributed by atoms with van der Waals surface area (Å²) in [5.41, 5.74) is 3.06. The summed E-state index contributed by atoms with van der Waals surface area (Å²) in [4.78, 5) is 25.9. The first-order valence-corrected chi connectivity index (χ1v) is 10.9. The average molecular weight is 394 g/mol. The van der Waals surface area contributed by atoms with Crippen LogP contribution < -0.4 is 10.2 Å². The number of aromatic nitrogens is 2. The molecule has 1 aliphatic heterocycles. The van der Waals surface area contributed by atoms with Gasteiger partial charge < -0.3 is 15.1 Å². The van der Waals surface area contributed by atoms with E-state index in [9.17, 15) is 4.79 Å². The number of aryl methyl sites for hydroxylation is 1. The monoisotopic (exact) mass is 393 g/mol. The molecule has 2 heterocycles. The van der Waals surface area contributed by atoms with Crippen molar-refractivity contribution in [2.24, 2.45) is 0 Å². The highest BCUT2D eigenvalue weighted by Gasteiger charge is 2.23. The van der Waals surface area contributed by atoms with Gasteiger partial charge in [-0.25, -0.2) is 9.97 Å². The first-order valence-electron chi connectivity index (χ1n) is 10.9. The van der Waals surface area contributed by atoms with Crippen molar-refractivity contribution in [3.63, 3.8) is 0 Å². The topological polar surface area (TPSA) is 61.4 Å². The minimum atomic E-state index is 0.0231. The number of hydrogen-bond acceptors (Lipinski definition) is 5. The predicted octanol–water partition coefficient (Wildman–Crippen LogP) is 3.88. The van der Waals surface area contributed by atoms with Crippen molar-refractivity contribution in [2.75, 3.05) is 36.4 Å². The van der Waals surface area contributed by atoms with E-state index in [0.29, 0.717) is 17.6 Å². The van der Waals surface area contributed by atoms with E-state index in [-0.39, 0.29) is 5.91 Å². The Morgan fingerprint density at radius 2 is 1.69 bits per heavy atom. The summed E-state index contributed by atoms with van der Waals surface area (Å²) >= 11 is 0. The van der Waals surface area contributed by atoms with Crippen LogP contribution in [0.1, 0.15) is 54.4 Å². The van der Waals surface area contributed by atoms with E-state index in [2.05, 4.69) is 51.4 Å². The van der Waals surface area contributed by atoms with Gasteiger partial charge in [0, 0.05) is 50.3 Å². The Balaban J connectivity index is 1.31. The van der Waals surface area contributed by atoms with Crippen LogP contribution in [0.25, 0.3) is 0 Å². The molecule has 1 N–H and O–H groups in total. The zero-order valence-corrected chi connectivity index (χ0v) is 17.3. The molecule has 1 aliphatic carbocycles. The van der Waals surface area contributed by atoms with Gasteiger partial charge in [0.2, 0.25) is 5.95 Å². The van der Waals surface area contributed by atoms with Crippen molar-refractivity contribution in [1.29, 1.82) is 0 Å². The molecule has 2 aromatic rings. The fourth-order valence-corrected chi connectivity index (χ4v) is 4.29. The maximum atomic E-state index is 12.9. The third-order valence-corrected chi connectivity index (χ3v) is 6.02. The summed E-state index contributed by atoms with van der Waals surface area (Å²) in [7, 11) is 0. The van der Waals surface area contributed by atoms with Crippen molar-refractivity contribution < 1.29 is 4.79 Å². The number of rotatable bonds is 4. The lowest BCUT2D eigenvalue weighted by molar-refractivity contribution is 0.0746. The molecular formula is C23H31N5O. The fourth-order valence-electron chi connectivity index (χ4n) is 4.29. The van der Waals surface area contributed by atoms with Gasteiger partial charge in [-0.2, -0.15) is 0 Å². The Morgan fingerprint density at radius 1 is 1.00 bits per heavy atom. The first kappa shape index (κ1) is 19.7. The second kappa shape index (κ2) is 9.25. The molecule has 6 nitrogen and oxygen atoms in total. The molecule has 6 heteroatoms. The molecule has 154 valence electrons. The number of nitrogens with one attached hydrogen (secondary N) is 1. The number of amides is 1. The Hall–Kier alpha value is -2.63. The molecule has 1 aromatic carbocycles. The van der Waals surface area contributed by atoms with E-state index in [1.807, 2.05) is 4.90 Å². The van der Waals surface area contributed by atoms with Crippen molar-refractivity contribution in [2.45, 2.75) is 51.5 Å². The Labute approximate surface area is 173 Å². The number of carbonyl (C=O) groups excluding carboxylic acids is 1. The van der Waals surface area contributed by atoms with Gasteiger partial charge >= 0.3 is 0 Å². The van der Waals surface area contributed by atoms with Crippen LogP contribution in [0.4, 0.5) is 11.6 Å². The zero-order chi connectivity index (χ0) is 20.1. The maximum Gasteiger partial charge on any atom is 0.257 e. The molecule has 1 saturated carbocycles. The summed E-state index contributed by atoms with van der Waals surface area (Å²) in [5, 5.41) is 3.44. The minimum absolute atomic E-state index is 0.0231. The summed E-state index contributed by atoms with van der Waals surface area (Å²) in [6.45, 7) is 5.23. The van der Waals surface area contributed by atoms with Crippen LogP contribution in [0.5, 0.6) is 0 Å². The maximum absolute atomic E-state index is 12.9. The molecule has 1 aromatic heterocycles. The van der Waals surface area contributed by atoms with Crippen LogP contribution in [0, 0.1) is 6.92 Å². The SMILES string of the molecule is Cc1cccc(N2CCN(C(=O)c3cnc(NC4CCCCCC4)nc3)CC2)c1. The number of hydrogen-bond donors (Lipinski definition) is 1. The molecule has 29 heavy (non-hydrogen) atoms. The van der Waals surface area contributed by atoms with Crippen LogP contribution in [-0.2, 0) is 0 Å². The lowest BCUT2D eigenvalue weighted by Crippen LogP contribution is -2.48. The highest BCUT2D eigenvalue weighted by molar-refractivity contribution is 5.93. The Morgan fingerprint density at radius 3 is 2.34 bits per heavy atom. The van der Waals surface area contributed by atoms with Crippen molar-refractivity contribution in [3.8, 4) is 0 Å². The highest BCUT2D eigenvalue weighted by atomic mass is 16.2. The molecular weight excluding hydrogens is 362 g/mol. The van der Waals surface area contributed by atoms with Gasteiger partial charge in [0.15, 0.2) is 0 Å². The van der Waals surface area contributed by atoms with Gasteiger partial charge in [-0.15, -0.1) is 0 Å². The summed E-state index contributed by atoms with van der Waals surface area (Å²) in [6, 6.07) is 8.99. The third-order valence-electron chi connectivity index (χ3n) is 6.02. The van der Waals surface area contributed by atoms with Crippen LogP contribution >= 0.6 is 0 Å². The van der Waals surface area contributed by atoms with E-state index >= 15 is 0 Å². The van der Waals surface area contributed by atoms with E-state index in [1.54, 1.807) is 12.4 Å². The fraction of sp³-hybridized carbons (Fsp3) is 0.522. The molecule has 1 amide bonds. The van der Waals surface area contributed by atoms with Gasteiger partial charge in [-0.1, -0.05) is 37.8 Å². The first-order chi connectivity index (χ1) is 14.2. The third kappa shape index (κ3) is 5.05. The average Bonchev–Trinajstić information content (AvgIpc) is 3.03. The molecule has 1 saturated heterocycles. The Bertz CT molecular complexity index is 806. The van der Waals surface area contributed by atoms with Gasteiger partial charge in [0.25, 0.3) is 5.91 Å². The zero-order valence-electron chi connectivity index (χ0n) is 17.3. The quantitative estimate of drug-likeness (QED) is 0.799. The second-order valence-electron chi connectivity index (χ2n) is 8.25. The molecule has 0 bridgehead atoms. The number of piperazine rings is 1. The summed E-state index contributed by atoms with van der Waals surface area (Å²) in [5.74, 6) is 0.660. The van der Waals surface area contributed by atoms with Crippen LogP contribution in [0.15, 0.2) is 36.7 Å². The minimum Gasteiger partial charge on any atom is -0.368 e. The van der Waals surface area contributed by atoms with Gasteiger partial charge in [0.1, 0.15) is 0 Å². The van der Waals surface area contributed by atoms with Gasteiger partial charge in [-0.05, 0) is 37.5 Å². The number of benzene rings is 1. The molecule has 0 radical (unpaired) electrons. The molecule has 2 aliphatic rings. The second-order valence-corrected chi connectivity index (χ2v) is 8.25. The van der Waals surface area contributed by atoms with Crippen molar-refractivity contribution >= 4 is 17.5 Å². The largest absolute Gasteiger partial charge is 0.368 e. The smallest absolute Gasteiger partial charge is 0.257 e. The van der Waals surface area contributed by atoms with Crippen LogP contribution in [0.2, 0.25) is 0 Å². The van der Waals surface area contributed by atoms with E-state index in [0.717, 1.165) is 26.2 Å². The standard InChI is InChI=1S/C23H31N5O/c1-18-7-6-10-21(15-18)27-11-13-28(14-12-27)22(29)19-16-24-23(25-17-19)26-20-8-4-2-3-5-9-20/h6-7,10,15-17,20H,2-5,8-9,11-14H2,1H3,(H,24,25,26). The summed E-state index contributed by atoms with van der Waals surface area (Å²) < 4.78 is 0. The van der Waals surface area contributed by atoms with Crippen LogP contribution in [0.3, 0.4) is 0 Å². The van der Waals surface area contributed by atoms with Crippen molar-refractivity contribution in [3.05, 3.63) is 47.8 Å². The molecule has 0 atom stereocenters. The number of anilines is 2.